The minimum atomic E-state index is -1.16. The maximum Gasteiger partial charge on any atom is 0.408 e. The van der Waals surface area contributed by atoms with E-state index in [0.29, 0.717) is 19.4 Å². The molecule has 1 amide bonds. The lowest BCUT2D eigenvalue weighted by atomic mass is 10.1. The summed E-state index contributed by atoms with van der Waals surface area (Å²) in [4.78, 5) is 46.2. The van der Waals surface area contributed by atoms with E-state index in [0.717, 1.165) is 0 Å². The smallest absolute Gasteiger partial charge is 0.408 e. The summed E-state index contributed by atoms with van der Waals surface area (Å²) in [5.41, 5.74) is -1.42. The molecule has 0 aromatic rings. The first-order chi connectivity index (χ1) is 13.6. The van der Waals surface area contributed by atoms with Crippen molar-refractivity contribution < 1.29 is 38.9 Å². The molecule has 4 N–H and O–H groups in total. The number of nitrogens with one attached hydrogen (secondary N) is 2. The normalized spacial score (nSPS) is 13.8. The van der Waals surface area contributed by atoms with E-state index in [4.69, 9.17) is 14.6 Å². The lowest BCUT2D eigenvalue weighted by molar-refractivity contribution is -0.157. The fraction of sp³-hybridized carbons (Fsp3) is 0.800. The summed E-state index contributed by atoms with van der Waals surface area (Å²) in [7, 11) is 0. The van der Waals surface area contributed by atoms with Gasteiger partial charge in [0, 0.05) is 6.42 Å². The molecule has 0 aromatic heterocycles. The molecule has 2 atom stereocenters. The Morgan fingerprint density at radius 3 is 1.87 bits per heavy atom. The molecule has 0 rings (SSSR count). The van der Waals surface area contributed by atoms with Crippen LogP contribution in [0.15, 0.2) is 0 Å². The highest BCUT2D eigenvalue weighted by Gasteiger charge is 2.26. The number of carbonyl (C=O) groups excluding carboxylic acids is 2. The van der Waals surface area contributed by atoms with E-state index < -0.39 is 47.3 Å². The lowest BCUT2D eigenvalue weighted by Gasteiger charge is -2.24. The van der Waals surface area contributed by atoms with Crippen LogP contribution in [0.1, 0.15) is 73.6 Å². The van der Waals surface area contributed by atoms with Gasteiger partial charge in [-0.15, -0.1) is 0 Å². The minimum absolute atomic E-state index is 0.0855. The Bertz CT molecular complexity index is 593. The third-order valence-corrected chi connectivity index (χ3v) is 3.64. The van der Waals surface area contributed by atoms with Crippen molar-refractivity contribution in [3.8, 4) is 0 Å². The first-order valence-corrected chi connectivity index (χ1v) is 10.0. The molecule has 0 radical (unpaired) electrons. The number of unbranched alkanes of at least 4 members (excludes halogenated alkanes) is 1. The first-order valence-electron chi connectivity index (χ1n) is 10.0. The zero-order valence-electron chi connectivity index (χ0n) is 18.7. The number of hydrogen-bond acceptors (Lipinski definition) is 7. The average Bonchev–Trinajstić information content (AvgIpc) is 2.52. The van der Waals surface area contributed by atoms with E-state index in [-0.39, 0.29) is 19.3 Å². The molecule has 0 heterocycles. The van der Waals surface area contributed by atoms with Crippen molar-refractivity contribution in [2.24, 2.45) is 0 Å². The van der Waals surface area contributed by atoms with Crippen LogP contribution in [-0.4, -0.2) is 64.0 Å². The van der Waals surface area contributed by atoms with Gasteiger partial charge in [-0.25, -0.2) is 9.59 Å². The van der Waals surface area contributed by atoms with Crippen molar-refractivity contribution in [2.45, 2.75) is 96.9 Å². The SMILES string of the molecule is CC(C)(C)OC(=O)NC(CCCCNC(CCC(=O)O)C(=O)OC(C)(C)C)C(=O)O. The maximum atomic E-state index is 12.3. The Kier molecular flexibility index (Phi) is 11.4. The van der Waals surface area contributed by atoms with Crippen molar-refractivity contribution >= 4 is 24.0 Å². The van der Waals surface area contributed by atoms with Gasteiger partial charge in [0.1, 0.15) is 23.3 Å². The molecule has 0 bridgehead atoms. The largest absolute Gasteiger partial charge is 0.481 e. The topological polar surface area (TPSA) is 151 Å². The van der Waals surface area contributed by atoms with Crippen molar-refractivity contribution in [2.75, 3.05) is 6.54 Å². The van der Waals surface area contributed by atoms with E-state index >= 15 is 0 Å². The van der Waals surface area contributed by atoms with Crippen molar-refractivity contribution in [1.29, 1.82) is 0 Å². The third kappa shape index (κ3) is 14.6. The van der Waals surface area contributed by atoms with Crippen LogP contribution in [0.3, 0.4) is 0 Å². The maximum absolute atomic E-state index is 12.3. The second kappa shape index (κ2) is 12.4. The standard InChI is InChI=1S/C20H36N2O8/c1-19(2,3)29-17(27)14(10-11-15(23)24)21-12-8-7-9-13(16(25)26)22-18(28)30-20(4,5)6/h13-14,21H,7-12H2,1-6H3,(H,22,28)(H,23,24)(H,25,26). The molecule has 0 aliphatic rings. The molecule has 10 heteroatoms. The molecule has 0 aliphatic heterocycles. The van der Waals surface area contributed by atoms with E-state index in [1.165, 1.54) is 0 Å². The summed E-state index contributed by atoms with van der Waals surface area (Å²) < 4.78 is 10.4. The Hall–Kier alpha value is -2.36. The third-order valence-electron chi connectivity index (χ3n) is 3.64. The van der Waals surface area contributed by atoms with Crippen LogP contribution in [-0.2, 0) is 23.9 Å². The number of carbonyl (C=O) groups is 4. The number of carboxylic acids is 2. The quantitative estimate of drug-likeness (QED) is 0.269. The summed E-state index contributed by atoms with van der Waals surface area (Å²) >= 11 is 0. The summed E-state index contributed by atoms with van der Waals surface area (Å²) in [6.45, 7) is 10.6. The molecule has 10 nitrogen and oxygen atoms in total. The predicted octanol–water partition coefficient (Wildman–Crippen LogP) is 2.30. The van der Waals surface area contributed by atoms with Crippen LogP contribution in [0.5, 0.6) is 0 Å². The van der Waals surface area contributed by atoms with E-state index in [9.17, 15) is 24.3 Å². The van der Waals surface area contributed by atoms with Gasteiger partial charge in [0.05, 0.1) is 0 Å². The van der Waals surface area contributed by atoms with Gasteiger partial charge in [0.15, 0.2) is 0 Å². The molecule has 0 fully saturated rings. The molecule has 174 valence electrons. The Balaban J connectivity index is 4.54. The number of esters is 1. The Morgan fingerprint density at radius 1 is 0.833 bits per heavy atom. The fourth-order valence-electron chi connectivity index (χ4n) is 2.40. The average molecular weight is 433 g/mol. The number of carboxylic acid groups (broad SMARTS) is 2. The Labute approximate surface area is 177 Å². The van der Waals surface area contributed by atoms with Crippen LogP contribution in [0.2, 0.25) is 0 Å². The van der Waals surface area contributed by atoms with Gasteiger partial charge in [-0.3, -0.25) is 9.59 Å². The molecule has 0 saturated carbocycles. The van der Waals surface area contributed by atoms with Crippen LogP contribution in [0, 0.1) is 0 Å². The van der Waals surface area contributed by atoms with Crippen LogP contribution in [0.25, 0.3) is 0 Å². The highest BCUT2D eigenvalue weighted by atomic mass is 16.6. The summed E-state index contributed by atoms with van der Waals surface area (Å²) in [5.74, 6) is -2.71. The van der Waals surface area contributed by atoms with Gasteiger partial charge in [-0.05, 0) is 73.8 Å². The molecule has 0 aliphatic carbocycles. The molecule has 0 spiro atoms. The highest BCUT2D eigenvalue weighted by Crippen LogP contribution is 2.12. The lowest BCUT2D eigenvalue weighted by Crippen LogP contribution is -2.43. The monoisotopic (exact) mass is 432 g/mol. The van der Waals surface area contributed by atoms with Crippen LogP contribution >= 0.6 is 0 Å². The van der Waals surface area contributed by atoms with Crippen molar-refractivity contribution in [3.63, 3.8) is 0 Å². The van der Waals surface area contributed by atoms with Gasteiger partial charge in [-0.2, -0.15) is 0 Å². The highest BCUT2D eigenvalue weighted by molar-refractivity contribution is 5.80. The zero-order valence-corrected chi connectivity index (χ0v) is 18.7. The second-order valence-corrected chi connectivity index (χ2v) is 9.01. The number of amides is 1. The van der Waals surface area contributed by atoms with E-state index in [1.807, 2.05) is 0 Å². The molecule has 0 aromatic carbocycles. The predicted molar refractivity (Wildman–Crippen MR) is 109 cm³/mol. The molecule has 30 heavy (non-hydrogen) atoms. The van der Waals surface area contributed by atoms with Gasteiger partial charge in [0.2, 0.25) is 0 Å². The summed E-state index contributed by atoms with van der Waals surface area (Å²) in [5, 5.41) is 23.4. The number of alkyl carbamates (subject to hydrolysis) is 1. The second-order valence-electron chi connectivity index (χ2n) is 9.01. The van der Waals surface area contributed by atoms with Crippen molar-refractivity contribution in [1.82, 2.24) is 10.6 Å². The summed E-state index contributed by atoms with van der Waals surface area (Å²) in [6, 6.07) is -1.86. The molecule has 0 saturated heterocycles. The zero-order chi connectivity index (χ0) is 23.5. The van der Waals surface area contributed by atoms with Gasteiger partial charge < -0.3 is 30.3 Å². The van der Waals surface area contributed by atoms with E-state index in [2.05, 4.69) is 10.6 Å². The number of hydrogen-bond donors (Lipinski definition) is 4. The van der Waals surface area contributed by atoms with Crippen LogP contribution < -0.4 is 10.6 Å². The molecule has 2 unspecified atom stereocenters. The molecular weight excluding hydrogens is 396 g/mol. The first kappa shape index (κ1) is 27.6. The van der Waals surface area contributed by atoms with Gasteiger partial charge >= 0.3 is 24.0 Å². The fourth-order valence-corrected chi connectivity index (χ4v) is 2.40. The molecular formula is C20H36N2O8. The van der Waals surface area contributed by atoms with Gasteiger partial charge in [0.25, 0.3) is 0 Å². The number of aliphatic carboxylic acids is 2. The van der Waals surface area contributed by atoms with Crippen LogP contribution in [0.4, 0.5) is 4.79 Å². The number of rotatable bonds is 12. The number of ether oxygens (including phenoxy) is 2. The van der Waals surface area contributed by atoms with Crippen molar-refractivity contribution in [3.05, 3.63) is 0 Å². The Morgan fingerprint density at radius 2 is 1.40 bits per heavy atom. The van der Waals surface area contributed by atoms with Gasteiger partial charge in [-0.1, -0.05) is 0 Å². The summed E-state index contributed by atoms with van der Waals surface area (Å²) in [6.07, 6.45) is 0.264. The van der Waals surface area contributed by atoms with E-state index in [1.54, 1.807) is 41.5 Å². The minimum Gasteiger partial charge on any atom is -0.481 e.